The van der Waals surface area contributed by atoms with Crippen LogP contribution in [0, 0.1) is 0 Å². The Labute approximate surface area is 94.7 Å². The molecule has 14 heavy (non-hydrogen) atoms. The van der Waals surface area contributed by atoms with E-state index >= 15 is 0 Å². The van der Waals surface area contributed by atoms with Gasteiger partial charge in [0.1, 0.15) is 0 Å². The van der Waals surface area contributed by atoms with Gasteiger partial charge in [-0.15, -0.1) is 11.3 Å². The highest BCUT2D eigenvalue weighted by atomic mass is 32.1. The zero-order chi connectivity index (χ0) is 10.4. The second-order valence-electron chi connectivity index (χ2n) is 3.39. The first-order valence-corrected chi connectivity index (χ1v) is 5.96. The minimum absolute atomic E-state index is 0.620. The predicted octanol–water partition coefficient (Wildman–Crippen LogP) is 2.25. The summed E-state index contributed by atoms with van der Waals surface area (Å²) in [6.45, 7) is 2.07. The molecule has 0 atom stereocenters. The van der Waals surface area contributed by atoms with Gasteiger partial charge < -0.3 is 10.6 Å². The molecule has 1 heterocycles. The Morgan fingerprint density at radius 3 is 3.00 bits per heavy atom. The maximum absolute atomic E-state index is 5.43. The van der Waals surface area contributed by atoms with Crippen molar-refractivity contribution in [2.75, 3.05) is 13.6 Å². The van der Waals surface area contributed by atoms with Gasteiger partial charge in [-0.25, -0.2) is 0 Å². The van der Waals surface area contributed by atoms with E-state index in [9.17, 15) is 0 Å². The Hall–Kier alpha value is -0.450. The molecule has 1 aromatic heterocycles. The first-order valence-electron chi connectivity index (χ1n) is 4.67. The molecule has 0 saturated carbocycles. The number of rotatable bonds is 6. The molecule has 0 radical (unpaired) electrons. The van der Waals surface area contributed by atoms with Gasteiger partial charge in [-0.2, -0.15) is 0 Å². The van der Waals surface area contributed by atoms with E-state index in [1.807, 2.05) is 0 Å². The van der Waals surface area contributed by atoms with Crippen molar-refractivity contribution >= 4 is 28.5 Å². The van der Waals surface area contributed by atoms with Crippen molar-refractivity contribution in [1.82, 2.24) is 4.90 Å². The minimum atomic E-state index is 0.620. The largest absolute Gasteiger partial charge is 0.393 e. The molecule has 1 rings (SSSR count). The van der Waals surface area contributed by atoms with Crippen molar-refractivity contribution in [3.05, 3.63) is 22.4 Å². The second kappa shape index (κ2) is 6.11. The predicted molar refractivity (Wildman–Crippen MR) is 66.7 cm³/mol. The van der Waals surface area contributed by atoms with Crippen molar-refractivity contribution in [3.8, 4) is 0 Å². The van der Waals surface area contributed by atoms with Crippen LogP contribution in [0.2, 0.25) is 0 Å². The standard InChI is InChI=1S/C10H16N2S2/c1-12(6-2-5-10(11)13)8-9-4-3-7-14-9/h3-4,7H,2,5-6,8H2,1H3,(H2,11,13). The highest BCUT2D eigenvalue weighted by Gasteiger charge is 2.00. The van der Waals surface area contributed by atoms with Crippen LogP contribution in [0.4, 0.5) is 0 Å². The van der Waals surface area contributed by atoms with Gasteiger partial charge >= 0.3 is 0 Å². The SMILES string of the molecule is CN(CCCC(N)=S)Cc1cccs1. The highest BCUT2D eigenvalue weighted by molar-refractivity contribution is 7.80. The first kappa shape index (κ1) is 11.6. The number of thiophene rings is 1. The molecule has 2 nitrogen and oxygen atoms in total. The molecule has 2 N–H and O–H groups in total. The van der Waals surface area contributed by atoms with Crippen molar-refractivity contribution < 1.29 is 0 Å². The Balaban J connectivity index is 2.16. The third-order valence-corrected chi connectivity index (χ3v) is 3.03. The Bertz CT molecular complexity index is 270. The van der Waals surface area contributed by atoms with Gasteiger partial charge in [0.2, 0.25) is 0 Å². The average Bonchev–Trinajstić information content (AvgIpc) is 2.56. The first-order chi connectivity index (χ1) is 6.68. The summed E-state index contributed by atoms with van der Waals surface area (Å²) in [6, 6.07) is 4.25. The van der Waals surface area contributed by atoms with Gasteiger partial charge in [-0.3, -0.25) is 0 Å². The van der Waals surface area contributed by atoms with E-state index in [1.165, 1.54) is 4.88 Å². The maximum atomic E-state index is 5.43. The van der Waals surface area contributed by atoms with Crippen molar-refractivity contribution in [2.24, 2.45) is 5.73 Å². The van der Waals surface area contributed by atoms with Gasteiger partial charge in [0.25, 0.3) is 0 Å². The molecule has 0 spiro atoms. The zero-order valence-corrected chi connectivity index (χ0v) is 10.0. The highest BCUT2D eigenvalue weighted by Crippen LogP contribution is 2.10. The summed E-state index contributed by atoms with van der Waals surface area (Å²) in [5, 5.41) is 2.11. The zero-order valence-electron chi connectivity index (χ0n) is 8.40. The van der Waals surface area contributed by atoms with Crippen molar-refractivity contribution in [2.45, 2.75) is 19.4 Å². The average molecular weight is 228 g/mol. The molecule has 0 saturated heterocycles. The number of thiocarbonyl (C=S) groups is 1. The summed E-state index contributed by atoms with van der Waals surface area (Å²) < 4.78 is 0. The maximum Gasteiger partial charge on any atom is 0.0727 e. The monoisotopic (exact) mass is 228 g/mol. The van der Waals surface area contributed by atoms with E-state index in [2.05, 4.69) is 29.5 Å². The Morgan fingerprint density at radius 1 is 1.64 bits per heavy atom. The van der Waals surface area contributed by atoms with Crippen molar-refractivity contribution in [1.29, 1.82) is 0 Å². The summed E-state index contributed by atoms with van der Waals surface area (Å²) in [6.07, 6.45) is 1.90. The van der Waals surface area contributed by atoms with Crippen LogP contribution in [0.25, 0.3) is 0 Å². The molecule has 0 bridgehead atoms. The lowest BCUT2D eigenvalue weighted by molar-refractivity contribution is 0.327. The number of hydrogen-bond donors (Lipinski definition) is 1. The van der Waals surface area contributed by atoms with Crippen LogP contribution in [-0.4, -0.2) is 23.5 Å². The van der Waals surface area contributed by atoms with Gasteiger partial charge in [0.15, 0.2) is 0 Å². The smallest absolute Gasteiger partial charge is 0.0727 e. The fraction of sp³-hybridized carbons (Fsp3) is 0.500. The molecule has 0 aromatic carbocycles. The molecule has 0 aliphatic carbocycles. The van der Waals surface area contributed by atoms with Crippen molar-refractivity contribution in [3.63, 3.8) is 0 Å². The van der Waals surface area contributed by atoms with Crippen LogP contribution in [0.1, 0.15) is 17.7 Å². The van der Waals surface area contributed by atoms with E-state index in [-0.39, 0.29) is 0 Å². The molecule has 0 amide bonds. The van der Waals surface area contributed by atoms with Gasteiger partial charge in [0.05, 0.1) is 4.99 Å². The molecule has 0 aliphatic rings. The summed E-state index contributed by atoms with van der Waals surface area (Å²) in [7, 11) is 2.12. The summed E-state index contributed by atoms with van der Waals surface area (Å²) in [4.78, 5) is 4.32. The second-order valence-corrected chi connectivity index (χ2v) is 4.94. The summed E-state index contributed by atoms with van der Waals surface area (Å²) in [5.41, 5.74) is 5.43. The molecular weight excluding hydrogens is 212 g/mol. The van der Waals surface area contributed by atoms with Gasteiger partial charge in [-0.1, -0.05) is 18.3 Å². The van der Waals surface area contributed by atoms with E-state index < -0.39 is 0 Å². The Kier molecular flexibility index (Phi) is 5.07. The number of nitrogens with zero attached hydrogens (tertiary/aromatic N) is 1. The molecule has 4 heteroatoms. The van der Waals surface area contributed by atoms with E-state index in [1.54, 1.807) is 11.3 Å². The van der Waals surface area contributed by atoms with Gasteiger partial charge in [0, 0.05) is 11.4 Å². The van der Waals surface area contributed by atoms with Gasteiger partial charge in [-0.05, 0) is 37.9 Å². The molecule has 0 fully saturated rings. The van der Waals surface area contributed by atoms with Crippen LogP contribution < -0.4 is 5.73 Å². The summed E-state index contributed by atoms with van der Waals surface area (Å²) >= 11 is 6.62. The lowest BCUT2D eigenvalue weighted by Gasteiger charge is -2.14. The molecule has 1 aromatic rings. The number of hydrogen-bond acceptors (Lipinski definition) is 3. The fourth-order valence-corrected chi connectivity index (χ4v) is 2.20. The molecular formula is C10H16N2S2. The minimum Gasteiger partial charge on any atom is -0.393 e. The third kappa shape index (κ3) is 4.69. The van der Waals surface area contributed by atoms with Crippen LogP contribution in [-0.2, 0) is 6.54 Å². The van der Waals surface area contributed by atoms with E-state index in [4.69, 9.17) is 18.0 Å². The van der Waals surface area contributed by atoms with Crippen LogP contribution in [0.3, 0.4) is 0 Å². The fourth-order valence-electron chi connectivity index (χ4n) is 1.27. The quantitative estimate of drug-likeness (QED) is 0.757. The number of nitrogens with two attached hydrogens (primary N) is 1. The third-order valence-electron chi connectivity index (χ3n) is 1.97. The Morgan fingerprint density at radius 2 is 2.43 bits per heavy atom. The van der Waals surface area contributed by atoms with E-state index in [0.717, 1.165) is 25.9 Å². The van der Waals surface area contributed by atoms with Crippen LogP contribution in [0.5, 0.6) is 0 Å². The summed E-state index contributed by atoms with van der Waals surface area (Å²) in [5.74, 6) is 0. The lowest BCUT2D eigenvalue weighted by atomic mass is 10.3. The molecule has 0 aliphatic heterocycles. The van der Waals surface area contributed by atoms with E-state index in [0.29, 0.717) is 4.99 Å². The normalized spacial score (nSPS) is 10.7. The van der Waals surface area contributed by atoms with Crippen LogP contribution in [0.15, 0.2) is 17.5 Å². The molecule has 78 valence electrons. The topological polar surface area (TPSA) is 29.3 Å². The van der Waals surface area contributed by atoms with Crippen LogP contribution >= 0.6 is 23.6 Å². The molecule has 0 unspecified atom stereocenters. The lowest BCUT2D eigenvalue weighted by Crippen LogP contribution is -2.20.